The highest BCUT2D eigenvalue weighted by atomic mass is 32.2. The normalized spacial score (nSPS) is 17.3. The summed E-state index contributed by atoms with van der Waals surface area (Å²) in [5, 5.41) is 3.10. The van der Waals surface area contributed by atoms with Crippen LogP contribution in [0.3, 0.4) is 0 Å². The molecule has 1 fully saturated rings. The van der Waals surface area contributed by atoms with E-state index < -0.39 is 10.0 Å². The second-order valence-electron chi connectivity index (χ2n) is 4.27. The third kappa shape index (κ3) is 4.15. The van der Waals surface area contributed by atoms with Crippen LogP contribution in [0.15, 0.2) is 24.3 Å². The summed E-state index contributed by atoms with van der Waals surface area (Å²) in [6.07, 6.45) is 0. The molecule has 0 bridgehead atoms. The first-order valence-electron chi connectivity index (χ1n) is 6.15. The van der Waals surface area contributed by atoms with Gasteiger partial charge in [0.05, 0.1) is 5.75 Å². The molecule has 1 saturated heterocycles. The maximum absolute atomic E-state index is 12.7. The lowest BCUT2D eigenvalue weighted by Crippen LogP contribution is -2.47. The Hall–Kier alpha value is -1.18. The van der Waals surface area contributed by atoms with Gasteiger partial charge in [0.1, 0.15) is 18.2 Å². The number of sulfonamides is 1. The summed E-state index contributed by atoms with van der Waals surface area (Å²) >= 11 is 0. The van der Waals surface area contributed by atoms with E-state index in [0.29, 0.717) is 31.9 Å². The highest BCUT2D eigenvalue weighted by Gasteiger charge is 2.23. The lowest BCUT2D eigenvalue weighted by Gasteiger charge is -2.26. The minimum Gasteiger partial charge on any atom is -0.492 e. The average molecular weight is 288 g/mol. The van der Waals surface area contributed by atoms with Gasteiger partial charge in [-0.1, -0.05) is 0 Å². The van der Waals surface area contributed by atoms with E-state index in [9.17, 15) is 12.8 Å². The van der Waals surface area contributed by atoms with Crippen LogP contribution in [0, 0.1) is 5.82 Å². The Morgan fingerprint density at radius 3 is 2.47 bits per heavy atom. The van der Waals surface area contributed by atoms with Crippen molar-refractivity contribution in [3.8, 4) is 5.75 Å². The standard InChI is InChI=1S/C12H17FN2O3S/c13-11-1-3-12(4-2-11)18-9-10-19(16,17)15-7-5-14-6-8-15/h1-4,14H,5-10H2. The van der Waals surface area contributed by atoms with Crippen LogP contribution in [0.1, 0.15) is 0 Å². The SMILES string of the molecule is O=S(=O)(CCOc1ccc(F)cc1)N1CCNCC1. The average Bonchev–Trinajstić information content (AvgIpc) is 2.42. The van der Waals surface area contributed by atoms with Crippen LogP contribution in [-0.4, -0.2) is 51.3 Å². The monoisotopic (exact) mass is 288 g/mol. The molecule has 0 amide bonds. The summed E-state index contributed by atoms with van der Waals surface area (Å²) in [6, 6.07) is 5.51. The molecule has 1 aliphatic heterocycles. The van der Waals surface area contributed by atoms with Crippen molar-refractivity contribution in [1.82, 2.24) is 9.62 Å². The molecule has 106 valence electrons. The number of benzene rings is 1. The minimum absolute atomic E-state index is 0.0651. The minimum atomic E-state index is -3.27. The van der Waals surface area contributed by atoms with Gasteiger partial charge in [-0.3, -0.25) is 0 Å². The van der Waals surface area contributed by atoms with Gasteiger partial charge in [0.15, 0.2) is 0 Å². The molecule has 7 heteroatoms. The zero-order valence-electron chi connectivity index (χ0n) is 10.5. The molecule has 2 rings (SSSR count). The first-order valence-corrected chi connectivity index (χ1v) is 7.76. The summed E-state index contributed by atoms with van der Waals surface area (Å²) in [5.74, 6) is 0.0578. The summed E-state index contributed by atoms with van der Waals surface area (Å²) in [5.41, 5.74) is 0. The zero-order chi connectivity index (χ0) is 13.7. The first kappa shape index (κ1) is 14.2. The zero-order valence-corrected chi connectivity index (χ0v) is 11.3. The molecular formula is C12H17FN2O3S. The molecule has 1 aliphatic rings. The van der Waals surface area contributed by atoms with Crippen LogP contribution in [0.5, 0.6) is 5.75 Å². The predicted molar refractivity (Wildman–Crippen MR) is 70.1 cm³/mol. The largest absolute Gasteiger partial charge is 0.492 e. The van der Waals surface area contributed by atoms with E-state index in [2.05, 4.69) is 5.32 Å². The maximum Gasteiger partial charge on any atom is 0.217 e. The lowest BCUT2D eigenvalue weighted by molar-refractivity contribution is 0.326. The van der Waals surface area contributed by atoms with E-state index in [0.717, 1.165) is 0 Å². The molecule has 1 heterocycles. The molecule has 0 radical (unpaired) electrons. The number of halogens is 1. The van der Waals surface area contributed by atoms with E-state index in [1.54, 1.807) is 0 Å². The molecule has 1 aromatic carbocycles. The second-order valence-corrected chi connectivity index (χ2v) is 6.36. The van der Waals surface area contributed by atoms with E-state index >= 15 is 0 Å². The van der Waals surface area contributed by atoms with Crippen molar-refractivity contribution in [3.63, 3.8) is 0 Å². The Morgan fingerprint density at radius 1 is 1.21 bits per heavy atom. The Labute approximate surface area is 112 Å². The Bertz CT molecular complexity index is 498. The second kappa shape index (κ2) is 6.31. The Balaban J connectivity index is 1.82. The van der Waals surface area contributed by atoms with Gasteiger partial charge in [-0.15, -0.1) is 0 Å². The molecule has 1 aromatic rings. The molecular weight excluding hydrogens is 271 g/mol. The summed E-state index contributed by atoms with van der Waals surface area (Å²) in [6.45, 7) is 2.42. The van der Waals surface area contributed by atoms with Gasteiger partial charge in [-0.05, 0) is 24.3 Å². The van der Waals surface area contributed by atoms with Crippen LogP contribution >= 0.6 is 0 Å². The number of ether oxygens (including phenoxy) is 1. The molecule has 5 nitrogen and oxygen atoms in total. The van der Waals surface area contributed by atoms with Crippen LogP contribution in [0.2, 0.25) is 0 Å². The molecule has 19 heavy (non-hydrogen) atoms. The Kier molecular flexibility index (Phi) is 4.73. The van der Waals surface area contributed by atoms with Gasteiger partial charge >= 0.3 is 0 Å². The fourth-order valence-electron chi connectivity index (χ4n) is 1.85. The van der Waals surface area contributed by atoms with Crippen molar-refractivity contribution in [2.75, 3.05) is 38.5 Å². The van der Waals surface area contributed by atoms with Crippen LogP contribution in [0.4, 0.5) is 4.39 Å². The van der Waals surface area contributed by atoms with E-state index in [-0.39, 0.29) is 18.2 Å². The van der Waals surface area contributed by atoms with Crippen molar-refractivity contribution in [1.29, 1.82) is 0 Å². The summed E-state index contributed by atoms with van der Waals surface area (Å²) in [7, 11) is -3.27. The van der Waals surface area contributed by atoms with Gasteiger partial charge in [-0.25, -0.2) is 12.8 Å². The maximum atomic E-state index is 12.7. The highest BCUT2D eigenvalue weighted by Crippen LogP contribution is 2.11. The summed E-state index contributed by atoms with van der Waals surface area (Å²) in [4.78, 5) is 0. The van der Waals surface area contributed by atoms with Gasteiger partial charge < -0.3 is 10.1 Å². The highest BCUT2D eigenvalue weighted by molar-refractivity contribution is 7.89. The third-order valence-corrected chi connectivity index (χ3v) is 4.73. The smallest absolute Gasteiger partial charge is 0.217 e. The van der Waals surface area contributed by atoms with E-state index in [1.807, 2.05) is 0 Å². The van der Waals surface area contributed by atoms with Crippen molar-refractivity contribution in [2.45, 2.75) is 0 Å². The number of nitrogens with zero attached hydrogens (tertiary/aromatic N) is 1. The van der Waals surface area contributed by atoms with E-state index in [4.69, 9.17) is 4.74 Å². The van der Waals surface area contributed by atoms with Crippen molar-refractivity contribution < 1.29 is 17.5 Å². The number of piperazine rings is 1. The third-order valence-electron chi connectivity index (χ3n) is 2.89. The van der Waals surface area contributed by atoms with E-state index in [1.165, 1.54) is 28.6 Å². The van der Waals surface area contributed by atoms with Crippen LogP contribution in [-0.2, 0) is 10.0 Å². The molecule has 0 saturated carbocycles. The molecule has 1 N–H and O–H groups in total. The van der Waals surface area contributed by atoms with Gasteiger partial charge in [-0.2, -0.15) is 4.31 Å². The van der Waals surface area contributed by atoms with Crippen LogP contribution < -0.4 is 10.1 Å². The fraction of sp³-hybridized carbons (Fsp3) is 0.500. The molecule has 0 atom stereocenters. The van der Waals surface area contributed by atoms with Gasteiger partial charge in [0.2, 0.25) is 10.0 Å². The van der Waals surface area contributed by atoms with Crippen molar-refractivity contribution in [3.05, 3.63) is 30.1 Å². The molecule has 0 aliphatic carbocycles. The Morgan fingerprint density at radius 2 is 1.84 bits per heavy atom. The van der Waals surface area contributed by atoms with Crippen molar-refractivity contribution >= 4 is 10.0 Å². The van der Waals surface area contributed by atoms with Crippen molar-refractivity contribution in [2.24, 2.45) is 0 Å². The first-order chi connectivity index (χ1) is 9.08. The molecule has 0 unspecified atom stereocenters. The lowest BCUT2D eigenvalue weighted by atomic mass is 10.3. The topological polar surface area (TPSA) is 58.6 Å². The predicted octanol–water partition coefficient (Wildman–Crippen LogP) is 0.440. The fourth-order valence-corrected chi connectivity index (χ4v) is 3.14. The number of hydrogen-bond donors (Lipinski definition) is 1. The molecule has 0 spiro atoms. The number of nitrogens with one attached hydrogen (secondary N) is 1. The quantitative estimate of drug-likeness (QED) is 0.854. The molecule has 0 aromatic heterocycles. The van der Waals surface area contributed by atoms with Gasteiger partial charge in [0, 0.05) is 26.2 Å². The summed E-state index contributed by atoms with van der Waals surface area (Å²) < 4.78 is 43.4. The number of rotatable bonds is 5. The van der Waals surface area contributed by atoms with Gasteiger partial charge in [0.25, 0.3) is 0 Å². The van der Waals surface area contributed by atoms with Crippen LogP contribution in [0.25, 0.3) is 0 Å². The number of hydrogen-bond acceptors (Lipinski definition) is 4.